The number of hydrogen-bond donors (Lipinski definition) is 2. The number of likely N-dealkylation sites (tertiary alicyclic amines) is 1. The average Bonchev–Trinajstić information content (AvgIpc) is 2.85. The number of nitrogens with one attached hydrogen (secondary N) is 1. The molecule has 0 aromatic rings. The largest absolute Gasteiger partial charge is 0.392 e. The van der Waals surface area contributed by atoms with Crippen molar-refractivity contribution in [3.05, 3.63) is 0 Å². The molecule has 1 saturated heterocycles. The van der Waals surface area contributed by atoms with E-state index in [9.17, 15) is 9.90 Å². The van der Waals surface area contributed by atoms with Crippen molar-refractivity contribution in [3.63, 3.8) is 0 Å². The molecule has 1 heterocycles. The highest BCUT2D eigenvalue weighted by Gasteiger charge is 2.21. The number of ether oxygens (including phenoxy) is 1. The summed E-state index contributed by atoms with van der Waals surface area (Å²) in [5.74, 6) is 0.0526. The lowest BCUT2D eigenvalue weighted by atomic mass is 9.98. The number of aliphatic hydroxyl groups is 1. The molecule has 0 radical (unpaired) electrons. The van der Waals surface area contributed by atoms with Gasteiger partial charge in [-0.3, -0.25) is 9.69 Å². The van der Waals surface area contributed by atoms with E-state index in [1.807, 2.05) is 4.90 Å². The normalized spacial score (nSPS) is 24.9. The van der Waals surface area contributed by atoms with Gasteiger partial charge in [0.15, 0.2) is 0 Å². The Labute approximate surface area is 121 Å². The van der Waals surface area contributed by atoms with Gasteiger partial charge in [-0.25, -0.2) is 0 Å². The van der Waals surface area contributed by atoms with Gasteiger partial charge in [-0.05, 0) is 25.7 Å². The number of carbonyl (C=O) groups excluding carboxylic acids is 1. The summed E-state index contributed by atoms with van der Waals surface area (Å²) < 4.78 is 5.82. The molecular formula is C15H28N2O3. The molecule has 0 aromatic heterocycles. The number of nitrogens with zero attached hydrogens (tertiary/aromatic N) is 1. The Hall–Kier alpha value is -0.650. The standard InChI is InChI=1S/C15H28N2O3/c18-13-7-9-17(11-13)12-15(19)16-8-4-10-20-14-5-2-1-3-6-14/h13-14,18H,1-12H2,(H,16,19)/t13-/m0/s1. The summed E-state index contributed by atoms with van der Waals surface area (Å²) in [6.07, 6.45) is 8.19. The molecule has 0 bridgehead atoms. The fraction of sp³-hybridized carbons (Fsp3) is 0.933. The minimum Gasteiger partial charge on any atom is -0.392 e. The van der Waals surface area contributed by atoms with E-state index in [2.05, 4.69) is 5.32 Å². The fourth-order valence-electron chi connectivity index (χ4n) is 3.00. The van der Waals surface area contributed by atoms with Crippen LogP contribution in [0.5, 0.6) is 0 Å². The molecule has 1 aliphatic heterocycles. The van der Waals surface area contributed by atoms with Crippen LogP contribution in [0.15, 0.2) is 0 Å². The third kappa shape index (κ3) is 5.77. The molecule has 5 heteroatoms. The predicted molar refractivity (Wildman–Crippen MR) is 77.5 cm³/mol. The monoisotopic (exact) mass is 284 g/mol. The van der Waals surface area contributed by atoms with E-state index >= 15 is 0 Å². The third-order valence-electron chi connectivity index (χ3n) is 4.16. The molecule has 116 valence electrons. The maximum atomic E-state index is 11.7. The van der Waals surface area contributed by atoms with E-state index in [4.69, 9.17) is 4.74 Å². The zero-order valence-electron chi connectivity index (χ0n) is 12.4. The summed E-state index contributed by atoms with van der Waals surface area (Å²) in [7, 11) is 0. The van der Waals surface area contributed by atoms with Crippen molar-refractivity contribution in [2.75, 3.05) is 32.8 Å². The molecule has 2 N–H and O–H groups in total. The van der Waals surface area contributed by atoms with Crippen LogP contribution in [0, 0.1) is 0 Å². The Balaban J connectivity index is 1.45. The quantitative estimate of drug-likeness (QED) is 0.682. The Morgan fingerprint density at radius 3 is 2.75 bits per heavy atom. The van der Waals surface area contributed by atoms with E-state index in [-0.39, 0.29) is 12.0 Å². The van der Waals surface area contributed by atoms with Gasteiger partial charge in [0.2, 0.25) is 5.91 Å². The van der Waals surface area contributed by atoms with Gasteiger partial charge >= 0.3 is 0 Å². The number of carbonyl (C=O) groups is 1. The van der Waals surface area contributed by atoms with E-state index in [0.717, 1.165) is 26.0 Å². The lowest BCUT2D eigenvalue weighted by molar-refractivity contribution is -0.122. The minimum absolute atomic E-state index is 0.0526. The number of β-amino-alcohol motifs (C(OH)–C–C–N with tert-alkyl or cyclic N) is 1. The van der Waals surface area contributed by atoms with Gasteiger partial charge in [0.1, 0.15) is 0 Å². The highest BCUT2D eigenvalue weighted by Crippen LogP contribution is 2.20. The Morgan fingerprint density at radius 1 is 1.25 bits per heavy atom. The molecule has 1 saturated carbocycles. The minimum atomic E-state index is -0.258. The molecule has 2 rings (SSSR count). The van der Waals surface area contributed by atoms with Crippen molar-refractivity contribution in [2.45, 2.75) is 57.2 Å². The first-order chi connectivity index (χ1) is 9.74. The van der Waals surface area contributed by atoms with Crippen LogP contribution in [-0.4, -0.2) is 60.9 Å². The molecule has 1 amide bonds. The highest BCUT2D eigenvalue weighted by molar-refractivity contribution is 5.78. The van der Waals surface area contributed by atoms with Gasteiger partial charge in [-0.1, -0.05) is 19.3 Å². The molecule has 2 aliphatic rings. The summed E-state index contributed by atoms with van der Waals surface area (Å²) in [5, 5.41) is 12.3. The fourth-order valence-corrected chi connectivity index (χ4v) is 3.00. The van der Waals surface area contributed by atoms with Crippen LogP contribution >= 0.6 is 0 Å². The number of aliphatic hydroxyl groups excluding tert-OH is 1. The van der Waals surface area contributed by atoms with Gasteiger partial charge in [-0.2, -0.15) is 0 Å². The van der Waals surface area contributed by atoms with Crippen LogP contribution in [0.2, 0.25) is 0 Å². The molecule has 0 spiro atoms. The lowest BCUT2D eigenvalue weighted by Crippen LogP contribution is -2.37. The summed E-state index contributed by atoms with van der Waals surface area (Å²) in [5.41, 5.74) is 0. The van der Waals surface area contributed by atoms with E-state index < -0.39 is 0 Å². The highest BCUT2D eigenvalue weighted by atomic mass is 16.5. The van der Waals surface area contributed by atoms with Gasteiger partial charge < -0.3 is 15.2 Å². The Bertz CT molecular complexity index is 293. The van der Waals surface area contributed by atoms with Crippen molar-refractivity contribution < 1.29 is 14.6 Å². The van der Waals surface area contributed by atoms with Gasteiger partial charge in [-0.15, -0.1) is 0 Å². The number of amides is 1. The van der Waals surface area contributed by atoms with Gasteiger partial charge in [0.25, 0.3) is 0 Å². The summed E-state index contributed by atoms with van der Waals surface area (Å²) in [6, 6.07) is 0. The van der Waals surface area contributed by atoms with E-state index in [0.29, 0.717) is 25.7 Å². The SMILES string of the molecule is O=C(CN1CC[C@H](O)C1)NCCCOC1CCCCC1. The molecule has 20 heavy (non-hydrogen) atoms. The third-order valence-corrected chi connectivity index (χ3v) is 4.16. The zero-order chi connectivity index (χ0) is 14.2. The second-order valence-electron chi connectivity index (χ2n) is 6.01. The van der Waals surface area contributed by atoms with Gasteiger partial charge in [0.05, 0.1) is 18.8 Å². The molecule has 2 fully saturated rings. The summed E-state index contributed by atoms with van der Waals surface area (Å²) >= 11 is 0. The molecule has 0 aromatic carbocycles. The van der Waals surface area contributed by atoms with E-state index in [1.165, 1.54) is 32.1 Å². The van der Waals surface area contributed by atoms with Crippen LogP contribution in [0.3, 0.4) is 0 Å². The molecule has 5 nitrogen and oxygen atoms in total. The first-order valence-electron chi connectivity index (χ1n) is 8.03. The average molecular weight is 284 g/mol. The second kappa shape index (κ2) is 8.60. The van der Waals surface area contributed by atoms with E-state index in [1.54, 1.807) is 0 Å². The van der Waals surface area contributed by atoms with Crippen LogP contribution < -0.4 is 5.32 Å². The molecule has 1 aliphatic carbocycles. The number of hydrogen-bond acceptors (Lipinski definition) is 4. The van der Waals surface area contributed by atoms with Crippen LogP contribution in [0.1, 0.15) is 44.9 Å². The first kappa shape index (κ1) is 15.7. The van der Waals surface area contributed by atoms with Gasteiger partial charge in [0, 0.05) is 26.2 Å². The predicted octanol–water partition coefficient (Wildman–Crippen LogP) is 0.909. The molecule has 0 unspecified atom stereocenters. The van der Waals surface area contributed by atoms with Crippen molar-refractivity contribution in [1.29, 1.82) is 0 Å². The molecule has 1 atom stereocenters. The Morgan fingerprint density at radius 2 is 2.05 bits per heavy atom. The van der Waals surface area contributed by atoms with Crippen molar-refractivity contribution >= 4 is 5.91 Å². The first-order valence-corrected chi connectivity index (χ1v) is 8.03. The summed E-state index contributed by atoms with van der Waals surface area (Å²) in [4.78, 5) is 13.7. The zero-order valence-corrected chi connectivity index (χ0v) is 12.4. The number of rotatable bonds is 7. The second-order valence-corrected chi connectivity index (χ2v) is 6.01. The van der Waals surface area contributed by atoms with Crippen LogP contribution in [-0.2, 0) is 9.53 Å². The maximum absolute atomic E-state index is 11.7. The smallest absolute Gasteiger partial charge is 0.234 e. The maximum Gasteiger partial charge on any atom is 0.234 e. The topological polar surface area (TPSA) is 61.8 Å². The van der Waals surface area contributed by atoms with Crippen LogP contribution in [0.25, 0.3) is 0 Å². The molecular weight excluding hydrogens is 256 g/mol. The van der Waals surface area contributed by atoms with Crippen molar-refractivity contribution in [1.82, 2.24) is 10.2 Å². The van der Waals surface area contributed by atoms with Crippen molar-refractivity contribution in [2.24, 2.45) is 0 Å². The Kier molecular flexibility index (Phi) is 6.76. The lowest BCUT2D eigenvalue weighted by Gasteiger charge is -2.22. The van der Waals surface area contributed by atoms with Crippen LogP contribution in [0.4, 0.5) is 0 Å². The van der Waals surface area contributed by atoms with Crippen molar-refractivity contribution in [3.8, 4) is 0 Å². The summed E-state index contributed by atoms with van der Waals surface area (Å²) in [6.45, 7) is 3.27.